The number of rotatable bonds is 5. The zero-order valence-electron chi connectivity index (χ0n) is 34.1. The van der Waals surface area contributed by atoms with E-state index in [1.807, 2.05) is 42.6 Å². The van der Waals surface area contributed by atoms with E-state index in [0.29, 0.717) is 17.5 Å². The molecule has 13 rings (SSSR count). The van der Waals surface area contributed by atoms with Crippen LogP contribution in [-0.4, -0.2) is 19.9 Å². The smallest absolute Gasteiger partial charge is 0.164 e. The Morgan fingerprint density at radius 2 is 0.746 bits per heavy atom. The van der Waals surface area contributed by atoms with E-state index in [-0.39, 0.29) is 0 Å². The second-order valence-corrected chi connectivity index (χ2v) is 16.5. The van der Waals surface area contributed by atoms with Crippen molar-refractivity contribution in [1.82, 2.24) is 19.9 Å². The van der Waals surface area contributed by atoms with Crippen molar-refractivity contribution in [1.29, 1.82) is 0 Å². The predicted molar refractivity (Wildman–Crippen MR) is 256 cm³/mol. The SMILES string of the molecule is c1ccc(-c2nc(-c3ccc(-c4cccc5cccnc45)cc3)nc(-c3ccc4cc(-c5cccc6c5C5(c7ccccc7-c7ccccc75)c5ccccc5-6)ccc4c3)n2)cc1. The summed E-state index contributed by atoms with van der Waals surface area (Å²) in [6.07, 6.45) is 1.85. The number of fused-ring (bicyclic) bond motifs is 12. The van der Waals surface area contributed by atoms with E-state index in [0.717, 1.165) is 49.5 Å². The van der Waals surface area contributed by atoms with Crippen molar-refractivity contribution in [3.05, 3.63) is 241 Å². The van der Waals surface area contributed by atoms with Crippen LogP contribution in [0, 0.1) is 0 Å². The van der Waals surface area contributed by atoms with Gasteiger partial charge in [-0.05, 0) is 90.2 Å². The molecule has 4 nitrogen and oxygen atoms in total. The van der Waals surface area contributed by atoms with Gasteiger partial charge in [-0.3, -0.25) is 4.98 Å². The summed E-state index contributed by atoms with van der Waals surface area (Å²) in [6, 6.07) is 76.3. The number of aromatic nitrogens is 4. The first-order valence-electron chi connectivity index (χ1n) is 21.5. The number of hydrogen-bond donors (Lipinski definition) is 0. The maximum Gasteiger partial charge on any atom is 0.164 e. The highest BCUT2D eigenvalue weighted by Crippen LogP contribution is 2.64. The first kappa shape index (κ1) is 35.4. The molecule has 2 aliphatic carbocycles. The van der Waals surface area contributed by atoms with Crippen molar-refractivity contribution in [2.24, 2.45) is 0 Å². The van der Waals surface area contributed by atoms with Crippen LogP contribution in [0.3, 0.4) is 0 Å². The van der Waals surface area contributed by atoms with E-state index in [1.165, 1.54) is 55.6 Å². The van der Waals surface area contributed by atoms with Crippen LogP contribution in [-0.2, 0) is 5.41 Å². The quantitative estimate of drug-likeness (QED) is 0.174. The van der Waals surface area contributed by atoms with Crippen LogP contribution < -0.4 is 0 Å². The molecule has 0 amide bonds. The maximum absolute atomic E-state index is 5.13. The van der Waals surface area contributed by atoms with Crippen molar-refractivity contribution in [3.63, 3.8) is 0 Å². The number of nitrogens with zero attached hydrogens (tertiary/aromatic N) is 4. The minimum absolute atomic E-state index is 0.422. The predicted octanol–water partition coefficient (Wildman–Crippen LogP) is 14.3. The zero-order valence-corrected chi connectivity index (χ0v) is 34.1. The highest BCUT2D eigenvalue weighted by atomic mass is 15.0. The molecular formula is C59H36N4. The van der Waals surface area contributed by atoms with Gasteiger partial charge in [-0.2, -0.15) is 0 Å². The number of benzene rings is 9. The summed E-state index contributed by atoms with van der Waals surface area (Å²) < 4.78 is 0. The summed E-state index contributed by atoms with van der Waals surface area (Å²) >= 11 is 0. The Kier molecular flexibility index (Phi) is 7.79. The molecule has 0 radical (unpaired) electrons. The van der Waals surface area contributed by atoms with Gasteiger partial charge in [-0.25, -0.2) is 15.0 Å². The Balaban J connectivity index is 0.920. The zero-order chi connectivity index (χ0) is 41.5. The molecule has 2 heterocycles. The van der Waals surface area contributed by atoms with Crippen LogP contribution in [0.2, 0.25) is 0 Å². The van der Waals surface area contributed by atoms with Gasteiger partial charge in [0.25, 0.3) is 0 Å². The van der Waals surface area contributed by atoms with Crippen LogP contribution in [0.15, 0.2) is 219 Å². The van der Waals surface area contributed by atoms with Crippen molar-refractivity contribution < 1.29 is 0 Å². The number of para-hydroxylation sites is 1. The highest BCUT2D eigenvalue weighted by molar-refractivity contribution is 6.00. The normalized spacial score (nSPS) is 12.9. The van der Waals surface area contributed by atoms with Gasteiger partial charge in [0.05, 0.1) is 10.9 Å². The average Bonchev–Trinajstić information content (AvgIpc) is 3.84. The van der Waals surface area contributed by atoms with Crippen LogP contribution >= 0.6 is 0 Å². The first-order chi connectivity index (χ1) is 31.2. The fourth-order valence-electron chi connectivity index (χ4n) is 10.4. The lowest BCUT2D eigenvalue weighted by Gasteiger charge is -2.32. The summed E-state index contributed by atoms with van der Waals surface area (Å²) in [5, 5.41) is 3.39. The summed E-state index contributed by atoms with van der Waals surface area (Å²) in [5.74, 6) is 1.89. The molecule has 11 aromatic rings. The lowest BCUT2D eigenvalue weighted by Crippen LogP contribution is -2.26. The third kappa shape index (κ3) is 5.35. The second kappa shape index (κ2) is 13.8. The van der Waals surface area contributed by atoms with E-state index in [1.54, 1.807) is 0 Å². The Morgan fingerprint density at radius 3 is 1.43 bits per heavy atom. The fraction of sp³-hybridized carbons (Fsp3) is 0.0169. The van der Waals surface area contributed by atoms with E-state index >= 15 is 0 Å². The maximum atomic E-state index is 5.13. The Labute approximate surface area is 364 Å². The minimum atomic E-state index is -0.422. The fourth-order valence-corrected chi connectivity index (χ4v) is 10.4. The third-order valence-electron chi connectivity index (χ3n) is 13.2. The molecule has 63 heavy (non-hydrogen) atoms. The summed E-state index contributed by atoms with van der Waals surface area (Å²) in [7, 11) is 0. The van der Waals surface area contributed by atoms with E-state index in [2.05, 4.69) is 181 Å². The van der Waals surface area contributed by atoms with Crippen LogP contribution in [0.5, 0.6) is 0 Å². The van der Waals surface area contributed by atoms with Crippen molar-refractivity contribution >= 4 is 21.7 Å². The molecule has 2 aliphatic rings. The van der Waals surface area contributed by atoms with Gasteiger partial charge in [0.15, 0.2) is 17.5 Å². The van der Waals surface area contributed by atoms with Crippen LogP contribution in [0.25, 0.3) is 100 Å². The summed E-state index contributed by atoms with van der Waals surface area (Å²) in [4.78, 5) is 19.9. The van der Waals surface area contributed by atoms with Crippen molar-refractivity contribution in [2.45, 2.75) is 5.41 Å². The molecule has 9 aromatic carbocycles. The molecule has 1 spiro atoms. The molecule has 0 fully saturated rings. The molecule has 0 saturated carbocycles. The largest absolute Gasteiger partial charge is 0.256 e. The van der Waals surface area contributed by atoms with Crippen molar-refractivity contribution in [3.8, 4) is 78.7 Å². The van der Waals surface area contributed by atoms with Crippen LogP contribution in [0.4, 0.5) is 0 Å². The number of pyridine rings is 1. The van der Waals surface area contributed by atoms with Crippen molar-refractivity contribution in [2.75, 3.05) is 0 Å². The van der Waals surface area contributed by atoms with Gasteiger partial charge in [0.1, 0.15) is 0 Å². The Bertz CT molecular complexity index is 3560. The van der Waals surface area contributed by atoms with E-state index in [9.17, 15) is 0 Å². The van der Waals surface area contributed by atoms with E-state index in [4.69, 9.17) is 15.0 Å². The molecule has 4 heteroatoms. The Morgan fingerprint density at radius 1 is 0.286 bits per heavy atom. The molecule has 2 aromatic heterocycles. The average molecular weight is 801 g/mol. The van der Waals surface area contributed by atoms with E-state index < -0.39 is 5.41 Å². The molecule has 292 valence electrons. The lowest BCUT2D eigenvalue weighted by atomic mass is 9.68. The van der Waals surface area contributed by atoms with Gasteiger partial charge in [0.2, 0.25) is 0 Å². The number of hydrogen-bond acceptors (Lipinski definition) is 4. The van der Waals surface area contributed by atoms with Gasteiger partial charge < -0.3 is 0 Å². The van der Waals surface area contributed by atoms with Gasteiger partial charge in [-0.1, -0.05) is 194 Å². The highest BCUT2D eigenvalue weighted by Gasteiger charge is 2.52. The van der Waals surface area contributed by atoms with Gasteiger partial charge in [0, 0.05) is 33.8 Å². The van der Waals surface area contributed by atoms with Gasteiger partial charge in [-0.15, -0.1) is 0 Å². The topological polar surface area (TPSA) is 51.6 Å². The molecule has 0 atom stereocenters. The molecule has 0 unspecified atom stereocenters. The summed E-state index contributed by atoms with van der Waals surface area (Å²) in [6.45, 7) is 0. The molecule has 0 aliphatic heterocycles. The standard InChI is InChI=1S/C59H36N4/c1-2-13-39(14-3-1)56-61-57(40-28-26-37(27-29-40)46-21-10-15-38-16-12-34-60-55(38)46)63-58(62-56)44-33-31-41-35-43(32-30-42(41)36-44)45-20-11-22-50-49-19-6-9-25-53(49)59(54(45)50)51-23-7-4-17-47(51)48-18-5-8-24-52(48)59/h1-36H. The minimum Gasteiger partial charge on any atom is -0.256 e. The monoisotopic (exact) mass is 800 g/mol. The molecule has 0 N–H and O–H groups in total. The first-order valence-corrected chi connectivity index (χ1v) is 21.5. The second-order valence-electron chi connectivity index (χ2n) is 16.5. The summed E-state index contributed by atoms with van der Waals surface area (Å²) in [5.41, 5.74) is 18.6. The Hall–Kier alpha value is -8.34. The lowest BCUT2D eigenvalue weighted by molar-refractivity contribution is 0.796. The molecule has 0 saturated heterocycles. The molecular weight excluding hydrogens is 765 g/mol. The van der Waals surface area contributed by atoms with Gasteiger partial charge >= 0.3 is 0 Å². The van der Waals surface area contributed by atoms with Crippen LogP contribution in [0.1, 0.15) is 22.3 Å². The third-order valence-corrected chi connectivity index (χ3v) is 13.2. The molecule has 0 bridgehead atoms.